The Kier molecular flexibility index (Phi) is 9.35. The number of carbonyl (C=O) groups is 4. The molecule has 0 saturated heterocycles. The van der Waals surface area contributed by atoms with Crippen LogP contribution >= 0.6 is 0 Å². The molecule has 0 aliphatic heterocycles. The summed E-state index contributed by atoms with van der Waals surface area (Å²) < 4.78 is 15.0. The monoisotopic (exact) mass is 453 g/mol. The maximum atomic E-state index is 12.9. The average Bonchev–Trinajstić information content (AvgIpc) is 2.83. The van der Waals surface area contributed by atoms with Crippen molar-refractivity contribution < 1.29 is 33.4 Å². The van der Waals surface area contributed by atoms with E-state index in [1.165, 1.54) is 44.3 Å². The summed E-state index contributed by atoms with van der Waals surface area (Å²) in [6.07, 6.45) is 0.852. The summed E-state index contributed by atoms with van der Waals surface area (Å²) in [5, 5.41) is 0. The second-order valence-electron chi connectivity index (χ2n) is 7.21. The number of rotatable bonds is 10. The lowest BCUT2D eigenvalue weighted by molar-refractivity contribution is -0.148. The number of hydrogen-bond donors (Lipinski definition) is 0. The standard InChI is InChI=1S/C25H27NO7/c1-5-11-26(25(30)33-16-18-9-7-6-8-10-18)21-13-19(12-20(15-21)23(28)31-3)14-22(17(2)27)24(29)32-4/h5-10,12-13,15,22H,1,11,14,16H2,2-4H3. The molecule has 0 radical (unpaired) electrons. The van der Waals surface area contributed by atoms with Crippen LogP contribution in [0.25, 0.3) is 0 Å². The molecule has 174 valence electrons. The van der Waals surface area contributed by atoms with Gasteiger partial charge in [0.2, 0.25) is 0 Å². The molecule has 0 spiro atoms. The number of Topliss-reactive ketones (excluding diaryl/α,β-unsaturated/α-hetero) is 1. The van der Waals surface area contributed by atoms with Gasteiger partial charge in [-0.25, -0.2) is 9.59 Å². The lowest BCUT2D eigenvalue weighted by Gasteiger charge is -2.23. The van der Waals surface area contributed by atoms with E-state index < -0.39 is 23.9 Å². The van der Waals surface area contributed by atoms with E-state index >= 15 is 0 Å². The van der Waals surface area contributed by atoms with Gasteiger partial charge in [-0.3, -0.25) is 14.5 Å². The molecule has 0 heterocycles. The van der Waals surface area contributed by atoms with Crippen LogP contribution in [0.3, 0.4) is 0 Å². The Hall–Kier alpha value is -3.94. The molecule has 1 amide bonds. The summed E-state index contributed by atoms with van der Waals surface area (Å²) in [4.78, 5) is 50.4. The minimum absolute atomic E-state index is 0.0131. The lowest BCUT2D eigenvalue weighted by Crippen LogP contribution is -2.32. The van der Waals surface area contributed by atoms with Gasteiger partial charge in [0.05, 0.1) is 19.8 Å². The van der Waals surface area contributed by atoms with Crippen molar-refractivity contribution in [1.82, 2.24) is 0 Å². The number of carbonyl (C=O) groups excluding carboxylic acids is 4. The maximum Gasteiger partial charge on any atom is 0.414 e. The van der Waals surface area contributed by atoms with Crippen molar-refractivity contribution in [3.8, 4) is 0 Å². The fourth-order valence-electron chi connectivity index (χ4n) is 3.17. The predicted molar refractivity (Wildman–Crippen MR) is 122 cm³/mol. The van der Waals surface area contributed by atoms with Gasteiger partial charge in [0.15, 0.2) is 0 Å². The molecule has 2 rings (SSSR count). The van der Waals surface area contributed by atoms with Crippen LogP contribution in [-0.4, -0.2) is 44.6 Å². The quantitative estimate of drug-likeness (QED) is 0.234. The van der Waals surface area contributed by atoms with Gasteiger partial charge >= 0.3 is 18.0 Å². The van der Waals surface area contributed by atoms with Crippen LogP contribution in [0, 0.1) is 5.92 Å². The smallest absolute Gasteiger partial charge is 0.414 e. The molecular weight excluding hydrogens is 426 g/mol. The van der Waals surface area contributed by atoms with E-state index in [4.69, 9.17) is 14.2 Å². The Morgan fingerprint density at radius 1 is 1.00 bits per heavy atom. The van der Waals surface area contributed by atoms with Gasteiger partial charge in [-0.2, -0.15) is 0 Å². The topological polar surface area (TPSA) is 99.2 Å². The van der Waals surface area contributed by atoms with Crippen molar-refractivity contribution in [2.45, 2.75) is 20.0 Å². The van der Waals surface area contributed by atoms with E-state index in [0.717, 1.165) is 5.56 Å². The SMILES string of the molecule is C=CCN(C(=O)OCc1ccccc1)c1cc(CC(C(C)=O)C(=O)OC)cc(C(=O)OC)c1. The Morgan fingerprint density at radius 2 is 1.70 bits per heavy atom. The van der Waals surface area contributed by atoms with Crippen molar-refractivity contribution in [2.24, 2.45) is 5.92 Å². The lowest BCUT2D eigenvalue weighted by atomic mass is 9.94. The number of amides is 1. The Labute approximate surface area is 192 Å². The van der Waals surface area contributed by atoms with Gasteiger partial charge in [0.25, 0.3) is 0 Å². The summed E-state index contributed by atoms with van der Waals surface area (Å²) in [5.41, 5.74) is 1.78. The van der Waals surface area contributed by atoms with E-state index in [-0.39, 0.29) is 30.9 Å². The van der Waals surface area contributed by atoms with Crippen molar-refractivity contribution >= 4 is 29.5 Å². The van der Waals surface area contributed by atoms with Crippen molar-refractivity contribution in [3.63, 3.8) is 0 Å². The van der Waals surface area contributed by atoms with E-state index in [2.05, 4.69) is 6.58 Å². The molecule has 0 fully saturated rings. The second kappa shape index (κ2) is 12.2. The summed E-state index contributed by atoms with van der Waals surface area (Å²) in [7, 11) is 2.43. The van der Waals surface area contributed by atoms with Gasteiger partial charge in [0.1, 0.15) is 18.3 Å². The van der Waals surface area contributed by atoms with Crippen LogP contribution in [0.1, 0.15) is 28.4 Å². The predicted octanol–water partition coefficient (Wildman–Crippen LogP) is 3.72. The highest BCUT2D eigenvalue weighted by atomic mass is 16.6. The number of ether oxygens (including phenoxy) is 3. The van der Waals surface area contributed by atoms with E-state index in [9.17, 15) is 19.2 Å². The molecule has 8 heteroatoms. The van der Waals surface area contributed by atoms with Gasteiger partial charge < -0.3 is 14.2 Å². The molecule has 1 atom stereocenters. The van der Waals surface area contributed by atoms with Gasteiger partial charge in [-0.05, 0) is 42.7 Å². The highest BCUT2D eigenvalue weighted by Crippen LogP contribution is 2.24. The van der Waals surface area contributed by atoms with Crippen LogP contribution in [0.4, 0.5) is 10.5 Å². The minimum Gasteiger partial charge on any atom is -0.468 e. The zero-order valence-electron chi connectivity index (χ0n) is 18.9. The van der Waals surface area contributed by atoms with Gasteiger partial charge in [-0.1, -0.05) is 36.4 Å². The van der Waals surface area contributed by atoms with Crippen LogP contribution in [0.5, 0.6) is 0 Å². The van der Waals surface area contributed by atoms with Crippen molar-refractivity contribution in [1.29, 1.82) is 0 Å². The third-order valence-corrected chi connectivity index (χ3v) is 4.86. The van der Waals surface area contributed by atoms with E-state index in [1.807, 2.05) is 30.3 Å². The number of methoxy groups -OCH3 is 2. The number of esters is 2. The number of ketones is 1. The maximum absolute atomic E-state index is 12.9. The van der Waals surface area contributed by atoms with Crippen LogP contribution < -0.4 is 4.90 Å². The highest BCUT2D eigenvalue weighted by molar-refractivity contribution is 5.98. The van der Waals surface area contributed by atoms with Gasteiger partial charge in [-0.15, -0.1) is 6.58 Å². The zero-order valence-corrected chi connectivity index (χ0v) is 18.9. The molecule has 0 bridgehead atoms. The first-order chi connectivity index (χ1) is 15.8. The normalized spacial score (nSPS) is 11.1. The van der Waals surface area contributed by atoms with Gasteiger partial charge in [0, 0.05) is 12.2 Å². The average molecular weight is 453 g/mol. The molecule has 8 nitrogen and oxygen atoms in total. The number of anilines is 1. The van der Waals surface area contributed by atoms with Crippen LogP contribution in [0.2, 0.25) is 0 Å². The van der Waals surface area contributed by atoms with Crippen LogP contribution in [-0.2, 0) is 36.8 Å². The van der Waals surface area contributed by atoms with Crippen molar-refractivity contribution in [2.75, 3.05) is 25.7 Å². The molecule has 2 aromatic rings. The fraction of sp³-hybridized carbons (Fsp3) is 0.280. The Morgan fingerprint density at radius 3 is 2.27 bits per heavy atom. The fourth-order valence-corrected chi connectivity index (χ4v) is 3.17. The first-order valence-corrected chi connectivity index (χ1v) is 10.2. The highest BCUT2D eigenvalue weighted by Gasteiger charge is 2.26. The zero-order chi connectivity index (χ0) is 24.4. The second-order valence-corrected chi connectivity index (χ2v) is 7.21. The molecule has 0 N–H and O–H groups in total. The summed E-state index contributed by atoms with van der Waals surface area (Å²) in [6.45, 7) is 5.13. The number of benzene rings is 2. The molecule has 0 aromatic heterocycles. The molecule has 1 unspecified atom stereocenters. The third kappa shape index (κ3) is 7.03. The molecule has 0 aliphatic carbocycles. The molecular formula is C25H27NO7. The summed E-state index contributed by atoms with van der Waals surface area (Å²) in [6, 6.07) is 13.8. The third-order valence-electron chi connectivity index (χ3n) is 4.86. The Balaban J connectivity index is 2.40. The Bertz CT molecular complexity index is 1020. The molecule has 33 heavy (non-hydrogen) atoms. The minimum atomic E-state index is -1.05. The van der Waals surface area contributed by atoms with E-state index in [1.54, 1.807) is 6.07 Å². The largest absolute Gasteiger partial charge is 0.468 e. The van der Waals surface area contributed by atoms with Crippen LogP contribution in [0.15, 0.2) is 61.2 Å². The number of hydrogen-bond acceptors (Lipinski definition) is 7. The van der Waals surface area contributed by atoms with E-state index in [0.29, 0.717) is 11.3 Å². The first-order valence-electron chi connectivity index (χ1n) is 10.2. The molecule has 0 saturated carbocycles. The van der Waals surface area contributed by atoms with Crippen molar-refractivity contribution in [3.05, 3.63) is 77.9 Å². The summed E-state index contributed by atoms with van der Waals surface area (Å²) in [5.74, 6) is -2.74. The number of nitrogens with zero attached hydrogens (tertiary/aromatic N) is 1. The summed E-state index contributed by atoms with van der Waals surface area (Å²) >= 11 is 0. The molecule has 0 aliphatic rings. The molecule has 2 aromatic carbocycles. The first kappa shape index (κ1) is 25.3.